The van der Waals surface area contributed by atoms with Crippen molar-refractivity contribution in [1.29, 1.82) is 0 Å². The van der Waals surface area contributed by atoms with Crippen LogP contribution in [-0.4, -0.2) is 57.3 Å². The van der Waals surface area contributed by atoms with Crippen LogP contribution >= 0.6 is 0 Å². The number of benzene rings is 2. The van der Waals surface area contributed by atoms with Crippen molar-refractivity contribution in [2.24, 2.45) is 0 Å². The van der Waals surface area contributed by atoms with Gasteiger partial charge in [0, 0.05) is 31.4 Å². The highest BCUT2D eigenvalue weighted by atomic mass is 19.1. The molecular formula is C26H29FN6O2. The number of aromatic nitrogens is 4. The van der Waals surface area contributed by atoms with E-state index in [-0.39, 0.29) is 5.91 Å². The van der Waals surface area contributed by atoms with Crippen LogP contribution in [0.3, 0.4) is 0 Å². The summed E-state index contributed by atoms with van der Waals surface area (Å²) in [7, 11) is 0. The lowest BCUT2D eigenvalue weighted by molar-refractivity contribution is 0.0342. The van der Waals surface area contributed by atoms with Crippen molar-refractivity contribution in [2.45, 2.75) is 33.0 Å². The zero-order chi connectivity index (χ0) is 24.6. The van der Waals surface area contributed by atoms with Gasteiger partial charge in [-0.15, -0.1) is 0 Å². The number of carbonyl (C=O) groups excluding carboxylic acids is 1. The van der Waals surface area contributed by atoms with Crippen molar-refractivity contribution in [2.75, 3.05) is 31.6 Å². The van der Waals surface area contributed by atoms with E-state index < -0.39 is 5.67 Å². The standard InChI is InChI=1S/C26H29FN6O2/c1-16-4-6-18(26(2,3)27)13-19(16)25(34)31-22-14-28-32-23(22)24-29-20-7-5-17(12-21(20)30-24)15-33-8-10-35-11-9-33/h4-7,12-14H,8-11,15H2,1-3H3,(H,28,32)(H,29,30)(H,31,34). The number of ether oxygens (including phenoxy) is 1. The fourth-order valence-corrected chi connectivity index (χ4v) is 4.27. The van der Waals surface area contributed by atoms with Crippen LogP contribution in [0.5, 0.6) is 0 Å². The van der Waals surface area contributed by atoms with Gasteiger partial charge in [0.15, 0.2) is 11.5 Å². The zero-order valence-electron chi connectivity index (χ0n) is 20.1. The van der Waals surface area contributed by atoms with Gasteiger partial charge in [-0.3, -0.25) is 14.8 Å². The Labute approximate surface area is 202 Å². The van der Waals surface area contributed by atoms with Gasteiger partial charge in [0.05, 0.1) is 29.9 Å². The molecule has 35 heavy (non-hydrogen) atoms. The summed E-state index contributed by atoms with van der Waals surface area (Å²) in [5.74, 6) is 0.218. The van der Waals surface area contributed by atoms with E-state index in [1.165, 1.54) is 19.4 Å². The van der Waals surface area contributed by atoms with Gasteiger partial charge in [-0.1, -0.05) is 18.2 Å². The van der Waals surface area contributed by atoms with Gasteiger partial charge in [0.1, 0.15) is 5.67 Å². The maximum absolute atomic E-state index is 14.5. The number of anilines is 1. The number of morpholine rings is 1. The number of hydrogen-bond acceptors (Lipinski definition) is 5. The molecule has 8 nitrogen and oxygen atoms in total. The summed E-state index contributed by atoms with van der Waals surface area (Å²) in [5, 5.41) is 10.0. The maximum atomic E-state index is 14.5. The second kappa shape index (κ2) is 9.24. The molecule has 182 valence electrons. The van der Waals surface area contributed by atoms with Gasteiger partial charge < -0.3 is 15.0 Å². The summed E-state index contributed by atoms with van der Waals surface area (Å²) in [6, 6.07) is 11.2. The smallest absolute Gasteiger partial charge is 0.256 e. The minimum Gasteiger partial charge on any atom is -0.379 e. The molecule has 3 N–H and O–H groups in total. The molecule has 5 rings (SSSR count). The molecule has 1 aliphatic heterocycles. The van der Waals surface area contributed by atoms with Crippen LogP contribution in [0, 0.1) is 6.92 Å². The minimum atomic E-state index is -1.54. The molecule has 2 aromatic heterocycles. The summed E-state index contributed by atoms with van der Waals surface area (Å²) in [6.07, 6.45) is 1.61. The zero-order valence-corrected chi connectivity index (χ0v) is 20.1. The summed E-state index contributed by atoms with van der Waals surface area (Å²) < 4.78 is 19.9. The topological polar surface area (TPSA) is 98.9 Å². The minimum absolute atomic E-state index is 0.333. The summed E-state index contributed by atoms with van der Waals surface area (Å²) in [5.41, 5.74) is 3.98. The van der Waals surface area contributed by atoms with Crippen LogP contribution < -0.4 is 5.32 Å². The van der Waals surface area contributed by atoms with E-state index in [9.17, 15) is 9.18 Å². The third kappa shape index (κ3) is 4.96. The van der Waals surface area contributed by atoms with E-state index in [4.69, 9.17) is 9.72 Å². The number of amides is 1. The van der Waals surface area contributed by atoms with Crippen molar-refractivity contribution in [3.8, 4) is 11.5 Å². The largest absolute Gasteiger partial charge is 0.379 e. The Hall–Kier alpha value is -3.56. The number of hydrogen-bond donors (Lipinski definition) is 3. The number of nitrogens with zero attached hydrogens (tertiary/aromatic N) is 3. The molecule has 0 bridgehead atoms. The van der Waals surface area contributed by atoms with Crippen molar-refractivity contribution in [3.63, 3.8) is 0 Å². The summed E-state index contributed by atoms with van der Waals surface area (Å²) >= 11 is 0. The molecule has 9 heteroatoms. The highest BCUT2D eigenvalue weighted by Crippen LogP contribution is 2.29. The fourth-order valence-electron chi connectivity index (χ4n) is 4.27. The van der Waals surface area contributed by atoms with Gasteiger partial charge in [-0.05, 0) is 55.7 Å². The Morgan fingerprint density at radius 2 is 2.00 bits per heavy atom. The van der Waals surface area contributed by atoms with E-state index in [1.807, 2.05) is 13.0 Å². The molecule has 2 aromatic carbocycles. The van der Waals surface area contributed by atoms with E-state index in [2.05, 4.69) is 37.5 Å². The van der Waals surface area contributed by atoms with Gasteiger partial charge in [0.2, 0.25) is 0 Å². The molecule has 1 aliphatic rings. The first-order chi connectivity index (χ1) is 16.8. The normalized spacial score (nSPS) is 15.0. The number of aromatic amines is 2. The van der Waals surface area contributed by atoms with Gasteiger partial charge >= 0.3 is 0 Å². The molecule has 1 fully saturated rings. The van der Waals surface area contributed by atoms with Crippen LogP contribution in [0.4, 0.5) is 10.1 Å². The molecule has 0 atom stereocenters. The lowest BCUT2D eigenvalue weighted by atomic mass is 9.95. The SMILES string of the molecule is Cc1ccc(C(C)(C)F)cc1C(=O)Nc1c[nH]nc1-c1nc2cc(CN3CCOCC3)ccc2[nH]1. The molecule has 0 saturated carbocycles. The first-order valence-electron chi connectivity index (χ1n) is 11.7. The third-order valence-corrected chi connectivity index (χ3v) is 6.34. The Kier molecular flexibility index (Phi) is 6.12. The number of imidazole rings is 1. The fraction of sp³-hybridized carbons (Fsp3) is 0.346. The van der Waals surface area contributed by atoms with E-state index in [0.717, 1.165) is 49.4 Å². The van der Waals surface area contributed by atoms with Gasteiger partial charge in [0.25, 0.3) is 5.91 Å². The van der Waals surface area contributed by atoms with Crippen molar-refractivity contribution in [3.05, 3.63) is 64.8 Å². The highest BCUT2D eigenvalue weighted by molar-refractivity contribution is 6.06. The lowest BCUT2D eigenvalue weighted by Crippen LogP contribution is -2.35. The van der Waals surface area contributed by atoms with Crippen molar-refractivity contribution >= 4 is 22.6 Å². The molecule has 1 amide bonds. The van der Waals surface area contributed by atoms with Gasteiger partial charge in [-0.2, -0.15) is 5.10 Å². The number of nitrogens with one attached hydrogen (secondary N) is 3. The predicted molar refractivity (Wildman–Crippen MR) is 133 cm³/mol. The Balaban J connectivity index is 1.38. The summed E-state index contributed by atoms with van der Waals surface area (Å²) in [4.78, 5) is 23.5. The first-order valence-corrected chi connectivity index (χ1v) is 11.7. The molecule has 0 spiro atoms. The number of halogens is 1. The van der Waals surface area contributed by atoms with Crippen LogP contribution in [0.2, 0.25) is 0 Å². The Bertz CT molecular complexity index is 1360. The monoisotopic (exact) mass is 476 g/mol. The van der Waals surface area contributed by atoms with Crippen molar-refractivity contribution < 1.29 is 13.9 Å². The number of carbonyl (C=O) groups is 1. The number of alkyl halides is 1. The molecular weight excluding hydrogens is 447 g/mol. The van der Waals surface area contributed by atoms with E-state index >= 15 is 0 Å². The lowest BCUT2D eigenvalue weighted by Gasteiger charge is -2.26. The summed E-state index contributed by atoms with van der Waals surface area (Å²) in [6.45, 7) is 8.99. The van der Waals surface area contributed by atoms with Crippen LogP contribution in [0.15, 0.2) is 42.6 Å². The number of rotatable bonds is 6. The quantitative estimate of drug-likeness (QED) is 0.379. The first kappa shape index (κ1) is 23.2. The molecule has 3 heterocycles. The Morgan fingerprint density at radius 1 is 1.20 bits per heavy atom. The molecule has 4 aromatic rings. The predicted octanol–water partition coefficient (Wildman–Crippen LogP) is 4.55. The van der Waals surface area contributed by atoms with E-state index in [1.54, 1.807) is 24.4 Å². The second-order valence-corrected chi connectivity index (χ2v) is 9.43. The average molecular weight is 477 g/mol. The van der Waals surface area contributed by atoms with Crippen LogP contribution in [-0.2, 0) is 17.0 Å². The number of fused-ring (bicyclic) bond motifs is 1. The van der Waals surface area contributed by atoms with Crippen molar-refractivity contribution in [1.82, 2.24) is 25.1 Å². The van der Waals surface area contributed by atoms with Crippen LogP contribution in [0.1, 0.15) is 40.9 Å². The molecule has 0 aliphatic carbocycles. The molecule has 0 unspecified atom stereocenters. The van der Waals surface area contributed by atoms with Crippen LogP contribution in [0.25, 0.3) is 22.6 Å². The maximum Gasteiger partial charge on any atom is 0.256 e. The average Bonchev–Trinajstić information content (AvgIpc) is 3.45. The molecule has 1 saturated heterocycles. The highest BCUT2D eigenvalue weighted by Gasteiger charge is 2.22. The number of aryl methyl sites for hydroxylation is 1. The second-order valence-electron chi connectivity index (χ2n) is 9.43. The number of H-pyrrole nitrogens is 2. The Morgan fingerprint density at radius 3 is 2.77 bits per heavy atom. The van der Waals surface area contributed by atoms with Gasteiger partial charge in [-0.25, -0.2) is 9.37 Å². The molecule has 0 radical (unpaired) electrons. The third-order valence-electron chi connectivity index (χ3n) is 6.34. The van der Waals surface area contributed by atoms with E-state index in [0.29, 0.717) is 28.3 Å².